The molecule has 1 saturated carbocycles. The van der Waals surface area contributed by atoms with Crippen LogP contribution in [0.15, 0.2) is 30.3 Å². The van der Waals surface area contributed by atoms with Crippen molar-refractivity contribution >= 4 is 17.9 Å². The molecule has 2 N–H and O–H groups in total. The number of ether oxygens (including phenoxy) is 1. The molecule has 0 heterocycles. The molecule has 2 rings (SSSR count). The molecule has 1 aliphatic carbocycles. The van der Waals surface area contributed by atoms with Gasteiger partial charge in [-0.1, -0.05) is 69.9 Å². The van der Waals surface area contributed by atoms with Gasteiger partial charge in [-0.05, 0) is 24.3 Å². The van der Waals surface area contributed by atoms with Crippen molar-refractivity contribution in [3.63, 3.8) is 0 Å². The Morgan fingerprint density at radius 1 is 1.11 bits per heavy atom. The van der Waals surface area contributed by atoms with Crippen molar-refractivity contribution in [2.75, 3.05) is 6.61 Å². The van der Waals surface area contributed by atoms with E-state index < -0.39 is 30.4 Å². The highest BCUT2D eigenvalue weighted by Crippen LogP contribution is 2.28. The summed E-state index contributed by atoms with van der Waals surface area (Å²) in [5.41, 5.74) is 0.868. The zero-order valence-corrected chi connectivity index (χ0v) is 16.2. The maximum Gasteiger partial charge on any atom is 0.321 e. The predicted octanol–water partition coefficient (Wildman–Crippen LogP) is 3.52. The van der Waals surface area contributed by atoms with Crippen molar-refractivity contribution < 1.29 is 19.1 Å². The van der Waals surface area contributed by atoms with Crippen LogP contribution in [0.5, 0.6) is 0 Å². The summed E-state index contributed by atoms with van der Waals surface area (Å²) in [5, 5.41) is 5.04. The van der Waals surface area contributed by atoms with E-state index in [-0.39, 0.29) is 12.0 Å². The molecule has 0 saturated heterocycles. The van der Waals surface area contributed by atoms with Gasteiger partial charge in [0.25, 0.3) is 5.91 Å². The van der Waals surface area contributed by atoms with Crippen LogP contribution in [0.3, 0.4) is 0 Å². The molecule has 2 atom stereocenters. The zero-order chi connectivity index (χ0) is 19.6. The minimum atomic E-state index is -0.618. The summed E-state index contributed by atoms with van der Waals surface area (Å²) in [4.78, 5) is 36.4. The minimum absolute atomic E-state index is 0.0811. The fraction of sp³-hybridized carbons (Fsp3) is 0.571. The van der Waals surface area contributed by atoms with Gasteiger partial charge in [0, 0.05) is 6.04 Å². The highest BCUT2D eigenvalue weighted by atomic mass is 16.5. The molecule has 0 radical (unpaired) electrons. The molecular weight excluding hydrogens is 344 g/mol. The fourth-order valence-electron chi connectivity index (χ4n) is 3.45. The van der Waals surface area contributed by atoms with Crippen LogP contribution in [-0.2, 0) is 14.3 Å². The summed E-state index contributed by atoms with van der Waals surface area (Å²) in [6.07, 6.45) is 6.05. The maximum atomic E-state index is 12.5. The summed E-state index contributed by atoms with van der Waals surface area (Å²) in [7, 11) is 0. The smallest absolute Gasteiger partial charge is 0.321 e. The van der Waals surface area contributed by atoms with E-state index in [0.29, 0.717) is 0 Å². The molecule has 0 aliphatic heterocycles. The van der Waals surface area contributed by atoms with E-state index in [2.05, 4.69) is 10.6 Å². The van der Waals surface area contributed by atoms with E-state index in [1.54, 1.807) is 0 Å². The Morgan fingerprint density at radius 2 is 1.78 bits per heavy atom. The average molecular weight is 374 g/mol. The van der Waals surface area contributed by atoms with Crippen molar-refractivity contribution in [3.05, 3.63) is 35.9 Å². The summed E-state index contributed by atoms with van der Waals surface area (Å²) in [5.74, 6) is -1.41. The zero-order valence-electron chi connectivity index (χ0n) is 16.2. The number of nitrogens with one attached hydrogen (secondary N) is 2. The maximum absolute atomic E-state index is 12.5. The molecule has 1 aliphatic rings. The van der Waals surface area contributed by atoms with Crippen LogP contribution in [0.2, 0.25) is 0 Å². The van der Waals surface area contributed by atoms with Gasteiger partial charge in [-0.2, -0.15) is 0 Å². The first-order valence-corrected chi connectivity index (χ1v) is 9.83. The van der Waals surface area contributed by atoms with E-state index >= 15 is 0 Å². The van der Waals surface area contributed by atoms with Gasteiger partial charge in [0.15, 0.2) is 6.61 Å². The van der Waals surface area contributed by atoms with Crippen LogP contribution in [0, 0.1) is 5.92 Å². The molecule has 1 fully saturated rings. The van der Waals surface area contributed by atoms with Gasteiger partial charge in [-0.25, -0.2) is 4.79 Å². The first-order chi connectivity index (χ1) is 13.0. The van der Waals surface area contributed by atoms with E-state index in [0.717, 1.165) is 37.7 Å². The van der Waals surface area contributed by atoms with Crippen LogP contribution in [0.1, 0.15) is 63.9 Å². The Balaban J connectivity index is 1.83. The third-order valence-corrected chi connectivity index (χ3v) is 5.16. The molecule has 0 aromatic heterocycles. The Morgan fingerprint density at radius 3 is 2.41 bits per heavy atom. The second-order valence-corrected chi connectivity index (χ2v) is 7.24. The third kappa shape index (κ3) is 6.70. The Bertz CT molecular complexity index is 626. The van der Waals surface area contributed by atoms with E-state index in [9.17, 15) is 14.4 Å². The average Bonchev–Trinajstić information content (AvgIpc) is 2.68. The summed E-state index contributed by atoms with van der Waals surface area (Å²) in [6.45, 7) is 3.53. The summed E-state index contributed by atoms with van der Waals surface area (Å²) < 4.78 is 5.20. The first kappa shape index (κ1) is 20.9. The number of benzene rings is 1. The summed E-state index contributed by atoms with van der Waals surface area (Å²) >= 11 is 0. The number of urea groups is 1. The lowest BCUT2D eigenvalue weighted by Crippen LogP contribution is -2.46. The second-order valence-electron chi connectivity index (χ2n) is 7.24. The molecule has 3 amide bonds. The molecule has 148 valence electrons. The topological polar surface area (TPSA) is 84.5 Å². The van der Waals surface area contributed by atoms with Gasteiger partial charge in [0.1, 0.15) is 0 Å². The number of rotatable bonds is 7. The van der Waals surface area contributed by atoms with Crippen LogP contribution < -0.4 is 10.6 Å². The number of hydrogen-bond donors (Lipinski definition) is 2. The summed E-state index contributed by atoms with van der Waals surface area (Å²) in [6, 6.07) is 9.00. The van der Waals surface area contributed by atoms with Crippen molar-refractivity contribution in [2.45, 2.75) is 64.3 Å². The van der Waals surface area contributed by atoms with E-state index in [1.807, 2.05) is 44.2 Å². The molecule has 6 nitrogen and oxygen atoms in total. The molecule has 1 aromatic rings. The van der Waals surface area contributed by atoms with Crippen molar-refractivity contribution in [1.82, 2.24) is 10.6 Å². The SMILES string of the molecule is CC[C@@H](C)[C@H](C(=O)OCC(=O)NC(=O)NC1CCCCC1)c1ccccc1. The quantitative estimate of drug-likeness (QED) is 0.715. The number of carbonyl (C=O) groups excluding carboxylic acids is 3. The number of amides is 3. The number of carbonyl (C=O) groups is 3. The highest BCUT2D eigenvalue weighted by molar-refractivity contribution is 5.95. The largest absolute Gasteiger partial charge is 0.455 e. The van der Waals surface area contributed by atoms with Gasteiger partial charge in [-0.15, -0.1) is 0 Å². The lowest BCUT2D eigenvalue weighted by molar-refractivity contribution is -0.151. The molecule has 0 spiro atoms. The molecule has 0 unspecified atom stereocenters. The fourth-order valence-corrected chi connectivity index (χ4v) is 3.45. The molecule has 6 heteroatoms. The van der Waals surface area contributed by atoms with Gasteiger partial charge >= 0.3 is 12.0 Å². The number of hydrogen-bond acceptors (Lipinski definition) is 4. The molecule has 27 heavy (non-hydrogen) atoms. The molecule has 0 bridgehead atoms. The van der Waals surface area contributed by atoms with Crippen molar-refractivity contribution in [2.24, 2.45) is 5.92 Å². The van der Waals surface area contributed by atoms with Crippen LogP contribution >= 0.6 is 0 Å². The van der Waals surface area contributed by atoms with E-state index in [1.165, 1.54) is 6.42 Å². The minimum Gasteiger partial charge on any atom is -0.455 e. The predicted molar refractivity (Wildman–Crippen MR) is 103 cm³/mol. The van der Waals surface area contributed by atoms with Crippen molar-refractivity contribution in [1.29, 1.82) is 0 Å². The van der Waals surface area contributed by atoms with Crippen molar-refractivity contribution in [3.8, 4) is 0 Å². The van der Waals surface area contributed by atoms with E-state index in [4.69, 9.17) is 4.74 Å². The number of imide groups is 1. The standard InChI is InChI=1S/C21H30N2O4/c1-3-15(2)19(16-10-6-4-7-11-16)20(25)27-14-18(24)23-21(26)22-17-12-8-5-9-13-17/h4,6-7,10-11,15,17,19H,3,5,8-9,12-14H2,1-2H3,(H2,22,23,24,26)/t15-,19+/m1/s1. The van der Waals surface area contributed by atoms with Gasteiger partial charge in [0.2, 0.25) is 0 Å². The van der Waals surface area contributed by atoms with Crippen LogP contribution in [0.25, 0.3) is 0 Å². The lowest BCUT2D eigenvalue weighted by atomic mass is 9.86. The second kappa shape index (κ2) is 10.7. The van der Waals surface area contributed by atoms with Gasteiger partial charge < -0.3 is 10.1 Å². The van der Waals surface area contributed by atoms with Gasteiger partial charge in [-0.3, -0.25) is 14.9 Å². The normalized spacial score (nSPS) is 16.8. The lowest BCUT2D eigenvalue weighted by Gasteiger charge is -2.23. The van der Waals surface area contributed by atoms with Gasteiger partial charge in [0.05, 0.1) is 5.92 Å². The van der Waals surface area contributed by atoms with Crippen LogP contribution in [-0.4, -0.2) is 30.6 Å². The molecular formula is C21H30N2O4. The Hall–Kier alpha value is -2.37. The highest BCUT2D eigenvalue weighted by Gasteiger charge is 2.28. The monoisotopic (exact) mass is 374 g/mol. The third-order valence-electron chi connectivity index (χ3n) is 5.16. The molecule has 1 aromatic carbocycles. The first-order valence-electron chi connectivity index (χ1n) is 9.83. The van der Waals surface area contributed by atoms with Crippen LogP contribution in [0.4, 0.5) is 4.79 Å². The Labute approximate surface area is 161 Å². The Kier molecular flexibility index (Phi) is 8.30. The number of esters is 1.